The third-order valence-electron chi connectivity index (χ3n) is 8.41. The van der Waals surface area contributed by atoms with Crippen LogP contribution in [0, 0.1) is 23.2 Å². The van der Waals surface area contributed by atoms with E-state index in [4.69, 9.17) is 0 Å². The standard InChI is InChI=1S/C26H36N2O2/c1-18(9-10-19-6-3-2-4-7-19)27-24(29)23-8-5-11-28(23)25(30)26-15-20-12-21(16-26)14-22(13-20)17-26/h2-4,6-7,18,20-23H,5,8-17H2,1H3,(H,27,29). The smallest absolute Gasteiger partial charge is 0.243 e. The summed E-state index contributed by atoms with van der Waals surface area (Å²) in [6.07, 6.45) is 10.9. The number of carbonyl (C=O) groups excluding carboxylic acids is 2. The summed E-state index contributed by atoms with van der Waals surface area (Å²) in [5.74, 6) is 2.65. The number of rotatable bonds is 6. The first kappa shape index (κ1) is 20.1. The van der Waals surface area contributed by atoms with E-state index < -0.39 is 0 Å². The molecule has 4 nitrogen and oxygen atoms in total. The van der Waals surface area contributed by atoms with Crippen molar-refractivity contribution in [3.8, 4) is 0 Å². The molecule has 1 N–H and O–H groups in total. The van der Waals surface area contributed by atoms with Crippen molar-refractivity contribution in [3.05, 3.63) is 35.9 Å². The first-order valence-electron chi connectivity index (χ1n) is 12.2. The van der Waals surface area contributed by atoms with Crippen LogP contribution in [-0.4, -0.2) is 35.3 Å². The highest BCUT2D eigenvalue weighted by molar-refractivity contribution is 5.91. The first-order valence-corrected chi connectivity index (χ1v) is 12.2. The van der Waals surface area contributed by atoms with Crippen LogP contribution in [0.2, 0.25) is 0 Å². The Morgan fingerprint density at radius 2 is 1.70 bits per heavy atom. The van der Waals surface area contributed by atoms with E-state index in [0.717, 1.165) is 69.2 Å². The largest absolute Gasteiger partial charge is 0.352 e. The maximum atomic E-state index is 13.8. The molecule has 162 valence electrons. The molecule has 4 bridgehead atoms. The highest BCUT2D eigenvalue weighted by Crippen LogP contribution is 2.60. The predicted octanol–water partition coefficient (Wildman–Crippen LogP) is 4.33. The summed E-state index contributed by atoms with van der Waals surface area (Å²) in [5.41, 5.74) is 1.16. The lowest BCUT2D eigenvalue weighted by atomic mass is 9.49. The molecule has 2 unspecified atom stereocenters. The summed E-state index contributed by atoms with van der Waals surface area (Å²) in [7, 11) is 0. The average Bonchev–Trinajstić information content (AvgIpc) is 3.21. The van der Waals surface area contributed by atoms with Gasteiger partial charge in [-0.25, -0.2) is 0 Å². The Morgan fingerprint density at radius 1 is 1.07 bits per heavy atom. The van der Waals surface area contributed by atoms with Crippen LogP contribution < -0.4 is 5.32 Å². The van der Waals surface area contributed by atoms with Crippen molar-refractivity contribution in [1.82, 2.24) is 10.2 Å². The average molecular weight is 409 g/mol. The molecule has 1 aromatic carbocycles. The topological polar surface area (TPSA) is 49.4 Å². The molecule has 5 aliphatic rings. The molecule has 1 aromatic rings. The van der Waals surface area contributed by atoms with Crippen molar-refractivity contribution in [1.29, 1.82) is 0 Å². The third kappa shape index (κ3) is 3.78. The second kappa shape index (κ2) is 8.01. The number of benzene rings is 1. The zero-order valence-corrected chi connectivity index (χ0v) is 18.3. The molecule has 0 spiro atoms. The van der Waals surface area contributed by atoms with Crippen LogP contribution in [0.3, 0.4) is 0 Å². The number of likely N-dealkylation sites (tertiary alicyclic amines) is 1. The molecule has 4 saturated carbocycles. The van der Waals surface area contributed by atoms with Crippen molar-refractivity contribution in [3.63, 3.8) is 0 Å². The molecule has 30 heavy (non-hydrogen) atoms. The van der Waals surface area contributed by atoms with E-state index in [2.05, 4.69) is 36.5 Å². The minimum Gasteiger partial charge on any atom is -0.352 e. The summed E-state index contributed by atoms with van der Waals surface area (Å²) >= 11 is 0. The molecule has 5 fully saturated rings. The number of carbonyl (C=O) groups is 2. The summed E-state index contributed by atoms with van der Waals surface area (Å²) in [6.45, 7) is 2.85. The fourth-order valence-electron chi connectivity index (χ4n) is 7.40. The number of hydrogen-bond acceptors (Lipinski definition) is 2. The highest BCUT2D eigenvalue weighted by atomic mass is 16.2. The summed E-state index contributed by atoms with van der Waals surface area (Å²) < 4.78 is 0. The van der Waals surface area contributed by atoms with Crippen LogP contribution in [-0.2, 0) is 16.0 Å². The van der Waals surface area contributed by atoms with E-state index in [1.54, 1.807) is 0 Å². The Morgan fingerprint density at radius 3 is 2.33 bits per heavy atom. The van der Waals surface area contributed by atoms with Gasteiger partial charge in [0.2, 0.25) is 11.8 Å². The molecule has 1 saturated heterocycles. The quantitative estimate of drug-likeness (QED) is 0.762. The van der Waals surface area contributed by atoms with E-state index in [1.807, 2.05) is 11.0 Å². The van der Waals surface area contributed by atoms with Gasteiger partial charge in [-0.15, -0.1) is 0 Å². The zero-order valence-electron chi connectivity index (χ0n) is 18.3. The Balaban J connectivity index is 1.20. The van der Waals surface area contributed by atoms with Gasteiger partial charge in [0.1, 0.15) is 6.04 Å². The number of hydrogen-bond donors (Lipinski definition) is 1. The SMILES string of the molecule is CC(CCc1ccccc1)NC(=O)C1CCCN1C(=O)C12CC3CC(CC(C3)C1)C2. The van der Waals surface area contributed by atoms with Crippen LogP contribution in [0.25, 0.3) is 0 Å². The van der Waals surface area contributed by atoms with E-state index in [0.29, 0.717) is 5.91 Å². The van der Waals surface area contributed by atoms with Crippen molar-refractivity contribution < 1.29 is 9.59 Å². The van der Waals surface area contributed by atoms with E-state index in [1.165, 1.54) is 24.8 Å². The van der Waals surface area contributed by atoms with Gasteiger partial charge >= 0.3 is 0 Å². The Labute approximate surface area is 180 Å². The van der Waals surface area contributed by atoms with Gasteiger partial charge in [0.25, 0.3) is 0 Å². The normalized spacial score (nSPS) is 35.4. The predicted molar refractivity (Wildman–Crippen MR) is 118 cm³/mol. The molecule has 0 radical (unpaired) electrons. The van der Waals surface area contributed by atoms with Gasteiger partial charge in [0, 0.05) is 12.6 Å². The number of nitrogens with zero attached hydrogens (tertiary/aromatic N) is 1. The molecule has 2 atom stereocenters. The summed E-state index contributed by atoms with van der Waals surface area (Å²) in [4.78, 5) is 28.8. The third-order valence-corrected chi connectivity index (χ3v) is 8.41. The van der Waals surface area contributed by atoms with Gasteiger partial charge in [-0.3, -0.25) is 9.59 Å². The molecule has 4 heteroatoms. The van der Waals surface area contributed by atoms with Crippen molar-refractivity contribution in [2.24, 2.45) is 23.2 Å². The Bertz CT molecular complexity index is 754. The fourth-order valence-corrected chi connectivity index (χ4v) is 7.40. The lowest BCUT2D eigenvalue weighted by Crippen LogP contribution is -2.57. The van der Waals surface area contributed by atoms with Crippen LogP contribution in [0.1, 0.15) is 70.3 Å². The molecule has 1 aliphatic heterocycles. The summed E-state index contributed by atoms with van der Waals surface area (Å²) in [5, 5.41) is 3.22. The Hall–Kier alpha value is -1.84. The zero-order chi connectivity index (χ0) is 20.7. The van der Waals surface area contributed by atoms with Crippen LogP contribution >= 0.6 is 0 Å². The minimum absolute atomic E-state index is 0.0612. The Kier molecular flexibility index (Phi) is 5.37. The first-order chi connectivity index (χ1) is 14.5. The van der Waals surface area contributed by atoms with Crippen LogP contribution in [0.15, 0.2) is 30.3 Å². The summed E-state index contributed by atoms with van der Waals surface area (Å²) in [6, 6.07) is 10.3. The molecular formula is C26H36N2O2. The maximum Gasteiger partial charge on any atom is 0.243 e. The van der Waals surface area contributed by atoms with Gasteiger partial charge in [-0.1, -0.05) is 30.3 Å². The van der Waals surface area contributed by atoms with E-state index in [-0.39, 0.29) is 23.4 Å². The van der Waals surface area contributed by atoms with Crippen LogP contribution in [0.5, 0.6) is 0 Å². The second-order valence-corrected chi connectivity index (χ2v) is 10.8. The monoisotopic (exact) mass is 408 g/mol. The van der Waals surface area contributed by atoms with Gasteiger partial charge < -0.3 is 10.2 Å². The fraction of sp³-hybridized carbons (Fsp3) is 0.692. The van der Waals surface area contributed by atoms with Crippen molar-refractivity contribution in [2.45, 2.75) is 83.2 Å². The maximum absolute atomic E-state index is 13.8. The highest BCUT2D eigenvalue weighted by Gasteiger charge is 2.56. The molecule has 2 amide bonds. The van der Waals surface area contributed by atoms with Gasteiger partial charge in [-0.2, -0.15) is 0 Å². The van der Waals surface area contributed by atoms with E-state index >= 15 is 0 Å². The van der Waals surface area contributed by atoms with Crippen molar-refractivity contribution >= 4 is 11.8 Å². The molecule has 0 aromatic heterocycles. The van der Waals surface area contributed by atoms with Gasteiger partial charge in [-0.05, 0) is 94.4 Å². The minimum atomic E-state index is -0.260. The number of amides is 2. The molecule has 6 rings (SSSR count). The number of nitrogens with one attached hydrogen (secondary N) is 1. The molecule has 1 heterocycles. The molecular weight excluding hydrogens is 372 g/mol. The number of aryl methyl sites for hydroxylation is 1. The lowest BCUT2D eigenvalue weighted by molar-refractivity contribution is -0.160. The second-order valence-electron chi connectivity index (χ2n) is 10.8. The van der Waals surface area contributed by atoms with Gasteiger partial charge in [0.15, 0.2) is 0 Å². The van der Waals surface area contributed by atoms with E-state index in [9.17, 15) is 9.59 Å². The van der Waals surface area contributed by atoms with Gasteiger partial charge in [0.05, 0.1) is 5.41 Å². The molecule has 4 aliphatic carbocycles. The van der Waals surface area contributed by atoms with Crippen LogP contribution in [0.4, 0.5) is 0 Å². The lowest BCUT2D eigenvalue weighted by Gasteiger charge is -2.56. The van der Waals surface area contributed by atoms with Crippen molar-refractivity contribution in [2.75, 3.05) is 6.54 Å².